The van der Waals surface area contributed by atoms with E-state index >= 15 is 0 Å². The molecule has 0 aliphatic carbocycles. The van der Waals surface area contributed by atoms with Gasteiger partial charge < -0.3 is 8.37 Å². The molecule has 0 saturated heterocycles. The third-order valence-electron chi connectivity index (χ3n) is 1.20. The van der Waals surface area contributed by atoms with Gasteiger partial charge in [0.2, 0.25) is 0 Å². The van der Waals surface area contributed by atoms with Gasteiger partial charge in [-0.25, -0.2) is 0 Å². The van der Waals surface area contributed by atoms with Gasteiger partial charge in [0.25, 0.3) is 10.2 Å². The molecule has 0 unspecified atom stereocenters. The lowest BCUT2D eigenvalue weighted by atomic mass is 10.6. The molecule has 0 bridgehead atoms. The van der Waals surface area contributed by atoms with Crippen LogP contribution in [0.4, 0.5) is 0 Å². The molecule has 0 atom stereocenters. The normalized spacial score (nSPS) is 18.9. The summed E-state index contributed by atoms with van der Waals surface area (Å²) in [5.74, 6) is 0. The Morgan fingerprint density at radius 2 is 1.36 bits per heavy atom. The fraction of sp³-hybridized carbons (Fsp3) is 0. The van der Waals surface area contributed by atoms with Crippen molar-refractivity contribution in [1.82, 2.24) is 0 Å². The quantitative estimate of drug-likeness (QED) is 0.421. The van der Waals surface area contributed by atoms with Crippen molar-refractivity contribution in [2.45, 2.75) is 0 Å². The van der Waals surface area contributed by atoms with E-state index < -0.39 is 0 Å². The molecule has 2 aliphatic heterocycles. The highest BCUT2D eigenvalue weighted by atomic mass is 32.2. The van der Waals surface area contributed by atoms with E-state index in [2.05, 4.69) is 0 Å². The van der Waals surface area contributed by atoms with Crippen LogP contribution in [0, 0.1) is 0 Å². The second kappa shape index (κ2) is 4.92. The maximum Gasteiger partial charge on any atom is 0.251 e. The van der Waals surface area contributed by atoms with E-state index in [1.165, 1.54) is 0 Å². The van der Waals surface area contributed by atoms with Crippen LogP contribution in [0.5, 0.6) is 0 Å². The molecule has 0 radical (unpaired) electrons. The summed E-state index contributed by atoms with van der Waals surface area (Å²) in [6.07, 6.45) is 10.0. The van der Waals surface area contributed by atoms with Crippen molar-refractivity contribution in [1.29, 1.82) is 0 Å². The molecule has 2 heterocycles. The lowest BCUT2D eigenvalue weighted by Crippen LogP contribution is -1.94. The predicted molar refractivity (Wildman–Crippen MR) is 54.0 cm³/mol. The van der Waals surface area contributed by atoms with Gasteiger partial charge in [0.1, 0.15) is 36.6 Å². The van der Waals surface area contributed by atoms with E-state index in [1.807, 2.05) is 0 Å². The van der Waals surface area contributed by atoms with Crippen LogP contribution < -0.4 is 0 Å². The van der Waals surface area contributed by atoms with Crippen molar-refractivity contribution in [2.24, 2.45) is 0 Å². The molecule has 2 rings (SSSR count). The largest absolute Gasteiger partial charge is 0.425 e. The van der Waals surface area contributed by atoms with E-state index in [9.17, 15) is 0 Å². The molecule has 6 heteroatoms. The summed E-state index contributed by atoms with van der Waals surface area (Å²) in [5, 5.41) is 1.06. The zero-order valence-corrected chi connectivity index (χ0v) is 8.55. The minimum absolute atomic E-state index is 0.531. The molecule has 2 aliphatic rings. The maximum absolute atomic E-state index is 4.97. The van der Waals surface area contributed by atoms with Gasteiger partial charge in [0.15, 0.2) is 0 Å². The van der Waals surface area contributed by atoms with Crippen molar-refractivity contribution in [2.75, 3.05) is 0 Å². The molecular weight excluding hydrogens is 224 g/mol. The Kier molecular flexibility index (Phi) is 3.31. The van der Waals surface area contributed by atoms with E-state index in [0.29, 0.717) is 10.2 Å². The molecule has 0 fully saturated rings. The average molecular weight is 230 g/mol. The molecule has 0 spiro atoms. The molecule has 0 amide bonds. The molecule has 4 nitrogen and oxygen atoms in total. The van der Waals surface area contributed by atoms with Crippen molar-refractivity contribution in [3.63, 3.8) is 0 Å². The molecular formula is C8H6O4S2. The zero-order valence-electron chi connectivity index (χ0n) is 6.91. The van der Waals surface area contributed by atoms with Crippen LogP contribution in [0.3, 0.4) is 0 Å². The Morgan fingerprint density at radius 1 is 0.857 bits per heavy atom. The van der Waals surface area contributed by atoms with Gasteiger partial charge in [-0.15, -0.1) is 0 Å². The molecule has 0 aromatic rings. The number of rotatable bonds is 3. The number of hydrogen-bond donors (Lipinski definition) is 0. The van der Waals surface area contributed by atoms with Gasteiger partial charge in [-0.1, -0.05) is 0 Å². The first-order chi connectivity index (χ1) is 6.95. The van der Waals surface area contributed by atoms with Crippen LogP contribution in [-0.4, -0.2) is 0 Å². The summed E-state index contributed by atoms with van der Waals surface area (Å²) in [7, 11) is 0. The highest BCUT2D eigenvalue weighted by Gasteiger charge is 2.09. The monoisotopic (exact) mass is 230 g/mol. The van der Waals surface area contributed by atoms with Gasteiger partial charge in [-0.3, -0.25) is 9.78 Å². The summed E-state index contributed by atoms with van der Waals surface area (Å²) < 4.78 is 9.83. The van der Waals surface area contributed by atoms with Crippen molar-refractivity contribution in [3.8, 4) is 0 Å². The third-order valence-corrected chi connectivity index (χ3v) is 2.35. The third kappa shape index (κ3) is 2.68. The Bertz CT molecular complexity index is 287. The minimum Gasteiger partial charge on any atom is -0.425 e. The average Bonchev–Trinajstić information content (AvgIpc) is 2.29. The van der Waals surface area contributed by atoms with Crippen molar-refractivity contribution >= 4 is 24.1 Å². The van der Waals surface area contributed by atoms with Crippen LogP contribution in [0.1, 0.15) is 0 Å². The summed E-state index contributed by atoms with van der Waals surface area (Å²) in [6.45, 7) is 0. The number of hydrogen-bond acceptors (Lipinski definition) is 6. The molecule has 14 heavy (non-hydrogen) atoms. The minimum atomic E-state index is 0.531. The molecule has 0 N–H and O–H groups in total. The van der Waals surface area contributed by atoms with Crippen LogP contribution in [0.15, 0.2) is 47.0 Å². The topological polar surface area (TPSA) is 36.9 Å². The van der Waals surface area contributed by atoms with E-state index in [-0.39, 0.29) is 0 Å². The standard InChI is InChI=1S/C8H6O4S2/c1-3-7(13-9-5-1)11-12-8-4-2-6-10-14-8/h1-6H. The zero-order chi connectivity index (χ0) is 9.64. The Morgan fingerprint density at radius 3 is 1.71 bits per heavy atom. The summed E-state index contributed by atoms with van der Waals surface area (Å²) in [6, 6.07) is 0. The van der Waals surface area contributed by atoms with Crippen LogP contribution >= 0.6 is 24.1 Å². The van der Waals surface area contributed by atoms with Gasteiger partial charge in [0, 0.05) is 0 Å². The molecule has 74 valence electrons. The molecule has 0 aromatic carbocycles. The smallest absolute Gasteiger partial charge is 0.251 e. The van der Waals surface area contributed by atoms with Gasteiger partial charge in [-0.05, 0) is 24.3 Å². The fourth-order valence-corrected chi connectivity index (χ4v) is 1.49. The predicted octanol–water partition coefficient (Wildman–Crippen LogP) is 3.00. The second-order valence-corrected chi connectivity index (χ2v) is 3.68. The first kappa shape index (κ1) is 9.42. The van der Waals surface area contributed by atoms with Crippen molar-refractivity contribution in [3.05, 3.63) is 47.0 Å². The Balaban J connectivity index is 1.81. The van der Waals surface area contributed by atoms with E-state index in [4.69, 9.17) is 18.1 Å². The SMILES string of the molecule is C1=COSC(OOC2=CC=COS2)=C1. The second-order valence-electron chi connectivity index (χ2n) is 2.15. The van der Waals surface area contributed by atoms with Crippen LogP contribution in [-0.2, 0) is 18.1 Å². The fourth-order valence-electron chi connectivity index (χ4n) is 0.671. The first-order valence-electron chi connectivity index (χ1n) is 3.70. The highest BCUT2D eigenvalue weighted by Crippen LogP contribution is 2.27. The van der Waals surface area contributed by atoms with Crippen molar-refractivity contribution < 1.29 is 18.1 Å². The lowest BCUT2D eigenvalue weighted by Gasteiger charge is -2.11. The summed E-state index contributed by atoms with van der Waals surface area (Å²) in [4.78, 5) is 9.93. The molecule has 0 aromatic heterocycles. The lowest BCUT2D eigenvalue weighted by molar-refractivity contribution is -0.206. The van der Waals surface area contributed by atoms with Crippen LogP contribution in [0.2, 0.25) is 0 Å². The van der Waals surface area contributed by atoms with Gasteiger partial charge >= 0.3 is 0 Å². The first-order valence-corrected chi connectivity index (χ1v) is 5.18. The highest BCUT2D eigenvalue weighted by molar-refractivity contribution is 7.98. The summed E-state index contributed by atoms with van der Waals surface area (Å²) in [5.41, 5.74) is 0. The van der Waals surface area contributed by atoms with Gasteiger partial charge in [0.05, 0.1) is 0 Å². The van der Waals surface area contributed by atoms with E-state index in [0.717, 1.165) is 24.1 Å². The van der Waals surface area contributed by atoms with Gasteiger partial charge in [-0.2, -0.15) is 0 Å². The molecule has 0 saturated carbocycles. The Labute approximate surface area is 89.6 Å². The number of allylic oxidation sites excluding steroid dienone is 4. The van der Waals surface area contributed by atoms with E-state index in [1.54, 1.807) is 36.8 Å². The summed E-state index contributed by atoms with van der Waals surface area (Å²) >= 11 is 2.17. The Hall–Kier alpha value is -1.14. The maximum atomic E-state index is 4.97. The van der Waals surface area contributed by atoms with Crippen LogP contribution in [0.25, 0.3) is 0 Å².